The van der Waals surface area contributed by atoms with E-state index >= 15 is 0 Å². The number of anilines is 1. The second-order valence-electron chi connectivity index (χ2n) is 5.76. The Balaban J connectivity index is 1.74. The highest BCUT2D eigenvalue weighted by atomic mass is 35.5. The zero-order chi connectivity index (χ0) is 15.6. The van der Waals surface area contributed by atoms with Gasteiger partial charge in [0.1, 0.15) is 17.3 Å². The molecule has 1 spiro atoms. The van der Waals surface area contributed by atoms with Crippen molar-refractivity contribution >= 4 is 29.2 Å². The second kappa shape index (κ2) is 4.30. The maximum atomic E-state index is 13.6. The number of carbonyl (C=O) groups is 2. The standard InChI is InChI=1S/C15H11ClFNO4/c16-8-2-1-7(5-9(8)17)18-6-15-4-3-10(22-15)11(14(20)21)12(15)13(18)19/h1-5,10-12H,6H2,(H,20,21)/t10-,11?,12+,15-/m1/s1. The molecule has 3 aliphatic rings. The summed E-state index contributed by atoms with van der Waals surface area (Å²) in [5, 5.41) is 9.34. The first-order chi connectivity index (χ1) is 10.4. The predicted octanol–water partition coefficient (Wildman–Crippen LogP) is 1.85. The molecule has 1 N–H and O–H groups in total. The Kier molecular flexibility index (Phi) is 2.68. The van der Waals surface area contributed by atoms with Gasteiger partial charge in [-0.3, -0.25) is 9.59 Å². The van der Waals surface area contributed by atoms with Gasteiger partial charge in [-0.1, -0.05) is 23.8 Å². The lowest BCUT2D eigenvalue weighted by molar-refractivity contribution is -0.146. The van der Waals surface area contributed by atoms with Crippen LogP contribution in [0.1, 0.15) is 0 Å². The van der Waals surface area contributed by atoms with Crippen molar-refractivity contribution in [3.8, 4) is 0 Å². The Morgan fingerprint density at radius 3 is 2.95 bits per heavy atom. The first kappa shape index (κ1) is 13.7. The van der Waals surface area contributed by atoms with Crippen LogP contribution in [0.5, 0.6) is 0 Å². The second-order valence-corrected chi connectivity index (χ2v) is 6.17. The summed E-state index contributed by atoms with van der Waals surface area (Å²) < 4.78 is 19.4. The van der Waals surface area contributed by atoms with Gasteiger partial charge in [-0.15, -0.1) is 0 Å². The van der Waals surface area contributed by atoms with Crippen LogP contribution in [-0.2, 0) is 14.3 Å². The van der Waals surface area contributed by atoms with Crippen LogP contribution in [-0.4, -0.2) is 35.2 Å². The average molecular weight is 324 g/mol. The van der Waals surface area contributed by atoms with Gasteiger partial charge in [0.05, 0.1) is 23.6 Å². The summed E-state index contributed by atoms with van der Waals surface area (Å²) in [4.78, 5) is 25.5. The molecular formula is C15H11ClFNO4. The van der Waals surface area contributed by atoms with E-state index in [2.05, 4.69) is 0 Å². The fourth-order valence-electron chi connectivity index (χ4n) is 3.65. The Bertz CT molecular complexity index is 736. The lowest BCUT2D eigenvalue weighted by Gasteiger charge is -2.21. The van der Waals surface area contributed by atoms with Crippen LogP contribution in [0.25, 0.3) is 0 Å². The van der Waals surface area contributed by atoms with E-state index in [1.165, 1.54) is 23.1 Å². The maximum Gasteiger partial charge on any atom is 0.310 e. The third-order valence-electron chi connectivity index (χ3n) is 4.60. The highest BCUT2D eigenvalue weighted by Gasteiger charge is 2.67. The van der Waals surface area contributed by atoms with Crippen LogP contribution in [0.2, 0.25) is 5.02 Å². The summed E-state index contributed by atoms with van der Waals surface area (Å²) >= 11 is 5.65. The van der Waals surface area contributed by atoms with E-state index in [0.29, 0.717) is 5.69 Å². The summed E-state index contributed by atoms with van der Waals surface area (Å²) in [7, 11) is 0. The molecule has 1 unspecified atom stereocenters. The van der Waals surface area contributed by atoms with Crippen LogP contribution in [0.15, 0.2) is 30.4 Å². The molecule has 3 aliphatic heterocycles. The molecule has 7 heteroatoms. The molecule has 3 heterocycles. The van der Waals surface area contributed by atoms with E-state index < -0.39 is 35.3 Å². The van der Waals surface area contributed by atoms with Gasteiger partial charge >= 0.3 is 5.97 Å². The van der Waals surface area contributed by atoms with Crippen LogP contribution in [0.3, 0.4) is 0 Å². The number of carboxylic acids is 1. The summed E-state index contributed by atoms with van der Waals surface area (Å²) in [5.41, 5.74) is -0.582. The molecule has 1 aromatic carbocycles. The molecule has 114 valence electrons. The lowest BCUT2D eigenvalue weighted by Crippen LogP contribution is -2.39. The zero-order valence-corrected chi connectivity index (χ0v) is 12.0. The average Bonchev–Trinajstić information content (AvgIpc) is 3.10. The number of aliphatic carboxylic acids is 1. The number of amides is 1. The molecule has 4 atom stereocenters. The number of nitrogens with zero attached hydrogens (tertiary/aromatic N) is 1. The van der Waals surface area contributed by atoms with Crippen molar-refractivity contribution in [1.82, 2.24) is 0 Å². The zero-order valence-electron chi connectivity index (χ0n) is 11.2. The van der Waals surface area contributed by atoms with Crippen LogP contribution in [0.4, 0.5) is 10.1 Å². The van der Waals surface area contributed by atoms with Gasteiger partial charge < -0.3 is 14.7 Å². The van der Waals surface area contributed by atoms with Crippen molar-refractivity contribution in [2.45, 2.75) is 11.7 Å². The number of hydrogen-bond donors (Lipinski definition) is 1. The van der Waals surface area contributed by atoms with Crippen LogP contribution >= 0.6 is 11.6 Å². The molecule has 2 saturated heterocycles. The molecule has 0 radical (unpaired) electrons. The molecular weight excluding hydrogens is 313 g/mol. The van der Waals surface area contributed by atoms with E-state index in [-0.39, 0.29) is 17.5 Å². The summed E-state index contributed by atoms with van der Waals surface area (Å²) in [5.74, 6) is -3.73. The van der Waals surface area contributed by atoms with Crippen molar-refractivity contribution < 1.29 is 23.8 Å². The van der Waals surface area contributed by atoms with E-state index in [9.17, 15) is 19.1 Å². The topological polar surface area (TPSA) is 66.8 Å². The minimum absolute atomic E-state index is 0.0331. The normalized spacial score (nSPS) is 35.3. The Morgan fingerprint density at radius 1 is 1.50 bits per heavy atom. The highest BCUT2D eigenvalue weighted by molar-refractivity contribution is 6.30. The van der Waals surface area contributed by atoms with Gasteiger partial charge in [0.15, 0.2) is 0 Å². The number of carbonyl (C=O) groups excluding carboxylic acids is 1. The molecule has 0 aliphatic carbocycles. The first-order valence-corrected chi connectivity index (χ1v) is 7.17. The Morgan fingerprint density at radius 2 is 2.27 bits per heavy atom. The minimum atomic E-state index is -1.06. The quantitative estimate of drug-likeness (QED) is 0.844. The van der Waals surface area contributed by atoms with Crippen molar-refractivity contribution in [3.05, 3.63) is 41.2 Å². The minimum Gasteiger partial charge on any atom is -0.481 e. The number of ether oxygens (including phenoxy) is 1. The third-order valence-corrected chi connectivity index (χ3v) is 4.91. The number of fused-ring (bicyclic) bond motifs is 1. The van der Waals surface area contributed by atoms with E-state index in [4.69, 9.17) is 16.3 Å². The largest absolute Gasteiger partial charge is 0.481 e. The molecule has 5 nitrogen and oxygen atoms in total. The van der Waals surface area contributed by atoms with E-state index in [1.807, 2.05) is 0 Å². The van der Waals surface area contributed by atoms with Gasteiger partial charge in [-0.2, -0.15) is 0 Å². The van der Waals surface area contributed by atoms with Gasteiger partial charge in [-0.25, -0.2) is 4.39 Å². The van der Waals surface area contributed by atoms with Crippen LogP contribution < -0.4 is 4.90 Å². The van der Waals surface area contributed by atoms with Crippen LogP contribution in [0, 0.1) is 17.7 Å². The number of benzene rings is 1. The van der Waals surface area contributed by atoms with E-state index in [1.54, 1.807) is 12.2 Å². The van der Waals surface area contributed by atoms with Gasteiger partial charge in [0.2, 0.25) is 5.91 Å². The molecule has 2 fully saturated rings. The molecule has 2 bridgehead atoms. The summed E-state index contributed by atoms with van der Waals surface area (Å²) in [6, 6.07) is 4.07. The lowest BCUT2D eigenvalue weighted by atomic mass is 9.77. The molecule has 4 rings (SSSR count). The maximum absolute atomic E-state index is 13.6. The molecule has 22 heavy (non-hydrogen) atoms. The predicted molar refractivity (Wildman–Crippen MR) is 75.1 cm³/mol. The van der Waals surface area contributed by atoms with Gasteiger partial charge in [-0.05, 0) is 18.2 Å². The smallest absolute Gasteiger partial charge is 0.310 e. The van der Waals surface area contributed by atoms with E-state index in [0.717, 1.165) is 0 Å². The van der Waals surface area contributed by atoms with Crippen molar-refractivity contribution in [2.24, 2.45) is 11.8 Å². The fourth-order valence-corrected chi connectivity index (χ4v) is 3.77. The molecule has 1 aromatic rings. The van der Waals surface area contributed by atoms with Gasteiger partial charge in [0.25, 0.3) is 0 Å². The van der Waals surface area contributed by atoms with Crippen molar-refractivity contribution in [1.29, 1.82) is 0 Å². The summed E-state index contributed by atoms with van der Waals surface area (Å²) in [6.45, 7) is 0.175. The van der Waals surface area contributed by atoms with Crippen molar-refractivity contribution in [2.75, 3.05) is 11.4 Å². The Hall–Kier alpha value is -1.92. The first-order valence-electron chi connectivity index (χ1n) is 6.79. The van der Waals surface area contributed by atoms with Crippen molar-refractivity contribution in [3.63, 3.8) is 0 Å². The fraction of sp³-hybridized carbons (Fsp3) is 0.333. The molecule has 0 saturated carbocycles. The third kappa shape index (κ3) is 1.62. The molecule has 0 aromatic heterocycles. The number of carboxylic acid groups (broad SMARTS) is 1. The number of hydrogen-bond acceptors (Lipinski definition) is 3. The SMILES string of the molecule is O=C(O)C1[C@H]2C(=O)N(c3ccc(Cl)c(F)c3)C[C@]23C=C[C@H]1O3. The Labute approximate surface area is 129 Å². The van der Waals surface area contributed by atoms with Gasteiger partial charge in [0, 0.05) is 5.69 Å². The summed E-state index contributed by atoms with van der Waals surface area (Å²) in [6.07, 6.45) is 2.87. The number of rotatable bonds is 2. The highest BCUT2D eigenvalue weighted by Crippen LogP contribution is 2.52. The molecule has 1 amide bonds. The number of halogens is 2. The monoisotopic (exact) mass is 323 g/mol.